The lowest BCUT2D eigenvalue weighted by Crippen LogP contribution is -2.42. The number of amides is 1. The molecule has 100 valence electrons. The number of hydrogen-bond donors (Lipinski definition) is 2. The summed E-state index contributed by atoms with van der Waals surface area (Å²) in [5.41, 5.74) is 5.64. The predicted molar refractivity (Wildman–Crippen MR) is 70.8 cm³/mol. The molecule has 3 N–H and O–H groups in total. The van der Waals surface area contributed by atoms with Gasteiger partial charge >= 0.3 is 0 Å². The molecule has 17 heavy (non-hydrogen) atoms. The average molecular weight is 241 g/mol. The molecule has 1 amide bonds. The molecular formula is C13H27N3O. The van der Waals surface area contributed by atoms with Crippen LogP contribution in [0.1, 0.15) is 46.0 Å². The van der Waals surface area contributed by atoms with E-state index in [-0.39, 0.29) is 11.9 Å². The van der Waals surface area contributed by atoms with Crippen LogP contribution in [0.4, 0.5) is 0 Å². The van der Waals surface area contributed by atoms with E-state index in [4.69, 9.17) is 5.73 Å². The Bertz CT molecular complexity index is 233. The zero-order valence-corrected chi connectivity index (χ0v) is 11.2. The molecule has 0 saturated carbocycles. The molecule has 2 atom stereocenters. The Morgan fingerprint density at radius 1 is 1.53 bits per heavy atom. The van der Waals surface area contributed by atoms with Crippen molar-refractivity contribution in [2.45, 2.75) is 58.0 Å². The lowest BCUT2D eigenvalue weighted by molar-refractivity contribution is -0.122. The molecule has 4 nitrogen and oxygen atoms in total. The molecule has 0 spiro atoms. The largest absolute Gasteiger partial charge is 0.355 e. The van der Waals surface area contributed by atoms with Gasteiger partial charge in [0, 0.05) is 19.1 Å². The van der Waals surface area contributed by atoms with Crippen LogP contribution in [-0.4, -0.2) is 42.5 Å². The second-order valence-electron chi connectivity index (χ2n) is 5.04. The van der Waals surface area contributed by atoms with Crippen LogP contribution >= 0.6 is 0 Å². The highest BCUT2D eigenvalue weighted by Crippen LogP contribution is 2.15. The molecule has 1 fully saturated rings. The van der Waals surface area contributed by atoms with Gasteiger partial charge in [-0.2, -0.15) is 0 Å². The van der Waals surface area contributed by atoms with Crippen molar-refractivity contribution in [1.29, 1.82) is 0 Å². The number of rotatable bonds is 6. The van der Waals surface area contributed by atoms with Crippen LogP contribution in [0.2, 0.25) is 0 Å². The lowest BCUT2D eigenvalue weighted by Gasteiger charge is -2.33. The van der Waals surface area contributed by atoms with Crippen LogP contribution in [0, 0.1) is 0 Å². The van der Waals surface area contributed by atoms with Crippen LogP contribution in [0.25, 0.3) is 0 Å². The number of nitrogens with two attached hydrogens (primary N) is 1. The summed E-state index contributed by atoms with van der Waals surface area (Å²) < 4.78 is 0. The Hall–Kier alpha value is -0.610. The molecule has 1 saturated heterocycles. The van der Waals surface area contributed by atoms with E-state index in [2.05, 4.69) is 17.1 Å². The van der Waals surface area contributed by atoms with Crippen LogP contribution in [0.15, 0.2) is 0 Å². The van der Waals surface area contributed by atoms with E-state index in [1.165, 1.54) is 25.8 Å². The van der Waals surface area contributed by atoms with E-state index in [9.17, 15) is 4.79 Å². The van der Waals surface area contributed by atoms with Crippen molar-refractivity contribution < 1.29 is 4.79 Å². The minimum atomic E-state index is -0.344. The summed E-state index contributed by atoms with van der Waals surface area (Å²) in [5, 5.41) is 2.90. The molecule has 1 unspecified atom stereocenters. The van der Waals surface area contributed by atoms with Gasteiger partial charge in [0.1, 0.15) is 0 Å². The highest BCUT2D eigenvalue weighted by Gasteiger charge is 2.17. The minimum absolute atomic E-state index is 0.0146. The fourth-order valence-corrected chi connectivity index (χ4v) is 2.30. The van der Waals surface area contributed by atoms with Gasteiger partial charge in [-0.25, -0.2) is 0 Å². The highest BCUT2D eigenvalue weighted by atomic mass is 16.2. The number of hydrogen-bond acceptors (Lipinski definition) is 3. The Morgan fingerprint density at radius 3 is 2.94 bits per heavy atom. The number of nitrogens with zero attached hydrogens (tertiary/aromatic N) is 1. The van der Waals surface area contributed by atoms with Crippen LogP contribution < -0.4 is 11.1 Å². The van der Waals surface area contributed by atoms with Gasteiger partial charge < -0.3 is 16.0 Å². The number of piperidine rings is 1. The van der Waals surface area contributed by atoms with Crippen molar-refractivity contribution >= 4 is 5.91 Å². The number of nitrogens with one attached hydrogen (secondary N) is 1. The number of carbonyl (C=O) groups is 1. The molecule has 4 heteroatoms. The summed E-state index contributed by atoms with van der Waals surface area (Å²) in [4.78, 5) is 14.0. The zero-order valence-electron chi connectivity index (χ0n) is 11.2. The first-order valence-corrected chi connectivity index (χ1v) is 6.92. The maximum atomic E-state index is 11.4. The van der Waals surface area contributed by atoms with E-state index >= 15 is 0 Å². The van der Waals surface area contributed by atoms with E-state index in [0.717, 1.165) is 19.5 Å². The van der Waals surface area contributed by atoms with E-state index in [1.807, 2.05) is 6.92 Å². The molecule has 0 aromatic heterocycles. The smallest absolute Gasteiger partial charge is 0.236 e. The van der Waals surface area contributed by atoms with Gasteiger partial charge in [-0.1, -0.05) is 13.3 Å². The summed E-state index contributed by atoms with van der Waals surface area (Å²) in [7, 11) is 0. The number of likely N-dealkylation sites (tertiary alicyclic amines) is 1. The summed E-state index contributed by atoms with van der Waals surface area (Å²) >= 11 is 0. The van der Waals surface area contributed by atoms with E-state index < -0.39 is 0 Å². The first-order chi connectivity index (χ1) is 8.15. The molecule has 0 aromatic carbocycles. The van der Waals surface area contributed by atoms with E-state index in [0.29, 0.717) is 12.5 Å². The molecule has 1 heterocycles. The SMILES string of the molecule is CC[C@H](N)C(=O)NCCCN1CCCCC1C. The van der Waals surface area contributed by atoms with Crippen molar-refractivity contribution in [2.75, 3.05) is 19.6 Å². The summed E-state index contributed by atoms with van der Waals surface area (Å²) in [5.74, 6) is -0.0146. The van der Waals surface area contributed by atoms with Crippen molar-refractivity contribution in [3.8, 4) is 0 Å². The number of carbonyl (C=O) groups excluding carboxylic acids is 1. The molecule has 1 aliphatic heterocycles. The monoisotopic (exact) mass is 241 g/mol. The molecule has 1 aliphatic rings. The third kappa shape index (κ3) is 5.04. The highest BCUT2D eigenvalue weighted by molar-refractivity contribution is 5.81. The molecule has 0 aliphatic carbocycles. The molecule has 1 rings (SSSR count). The molecular weight excluding hydrogens is 214 g/mol. The van der Waals surface area contributed by atoms with Crippen LogP contribution in [-0.2, 0) is 4.79 Å². The van der Waals surface area contributed by atoms with Crippen molar-refractivity contribution in [2.24, 2.45) is 5.73 Å². The topological polar surface area (TPSA) is 58.4 Å². The van der Waals surface area contributed by atoms with Gasteiger partial charge in [0.2, 0.25) is 5.91 Å². The third-order valence-corrected chi connectivity index (χ3v) is 3.64. The van der Waals surface area contributed by atoms with Crippen LogP contribution in [0.5, 0.6) is 0 Å². The second-order valence-corrected chi connectivity index (χ2v) is 5.04. The maximum absolute atomic E-state index is 11.4. The molecule has 0 bridgehead atoms. The fourth-order valence-electron chi connectivity index (χ4n) is 2.30. The first kappa shape index (κ1) is 14.5. The third-order valence-electron chi connectivity index (χ3n) is 3.64. The molecule has 0 aromatic rings. The van der Waals surface area contributed by atoms with Gasteiger partial charge in [0.15, 0.2) is 0 Å². The van der Waals surface area contributed by atoms with Gasteiger partial charge in [-0.05, 0) is 39.2 Å². The molecule has 0 radical (unpaired) electrons. The normalized spacial score (nSPS) is 23.4. The summed E-state index contributed by atoms with van der Waals surface area (Å²) in [6.07, 6.45) is 5.71. The van der Waals surface area contributed by atoms with Gasteiger partial charge in [0.25, 0.3) is 0 Å². The maximum Gasteiger partial charge on any atom is 0.236 e. The fraction of sp³-hybridized carbons (Fsp3) is 0.923. The van der Waals surface area contributed by atoms with Crippen molar-refractivity contribution in [3.05, 3.63) is 0 Å². The Labute approximate surface area is 105 Å². The van der Waals surface area contributed by atoms with E-state index in [1.54, 1.807) is 0 Å². The predicted octanol–water partition coefficient (Wildman–Crippen LogP) is 1.10. The Morgan fingerprint density at radius 2 is 2.29 bits per heavy atom. The average Bonchev–Trinajstić information content (AvgIpc) is 2.35. The summed E-state index contributed by atoms with van der Waals surface area (Å²) in [6.45, 7) is 7.27. The first-order valence-electron chi connectivity index (χ1n) is 6.92. The lowest BCUT2D eigenvalue weighted by atomic mass is 10.0. The Kier molecular flexibility index (Phi) is 6.52. The second kappa shape index (κ2) is 7.67. The Balaban J connectivity index is 2.09. The standard InChI is InChI=1S/C13H27N3O/c1-3-12(14)13(17)15-8-6-10-16-9-5-4-7-11(16)2/h11-12H,3-10,14H2,1-2H3,(H,15,17)/t11?,12-/m0/s1. The van der Waals surface area contributed by atoms with Gasteiger partial charge in [0.05, 0.1) is 6.04 Å². The quantitative estimate of drug-likeness (QED) is 0.685. The van der Waals surface area contributed by atoms with Crippen LogP contribution in [0.3, 0.4) is 0 Å². The van der Waals surface area contributed by atoms with Gasteiger partial charge in [-0.3, -0.25) is 4.79 Å². The van der Waals surface area contributed by atoms with Crippen molar-refractivity contribution in [1.82, 2.24) is 10.2 Å². The van der Waals surface area contributed by atoms with Crippen molar-refractivity contribution in [3.63, 3.8) is 0 Å². The summed E-state index contributed by atoms with van der Waals surface area (Å²) in [6, 6.07) is 0.362. The minimum Gasteiger partial charge on any atom is -0.355 e. The van der Waals surface area contributed by atoms with Gasteiger partial charge in [-0.15, -0.1) is 0 Å². The zero-order chi connectivity index (χ0) is 12.7.